The van der Waals surface area contributed by atoms with Gasteiger partial charge in [0.25, 0.3) is 5.91 Å². The van der Waals surface area contributed by atoms with Gasteiger partial charge in [-0.15, -0.1) is 0 Å². The maximum Gasteiger partial charge on any atom is 0.390 e. The molecule has 1 amide bonds. The molecule has 1 unspecified atom stereocenters. The largest absolute Gasteiger partial charge is 0.395 e. The Bertz CT molecular complexity index is 1010. The van der Waals surface area contributed by atoms with Crippen LogP contribution in [-0.2, 0) is 6.54 Å². The minimum absolute atomic E-state index is 0.0466. The fourth-order valence-electron chi connectivity index (χ4n) is 3.77. The molecule has 1 saturated heterocycles. The predicted octanol–water partition coefficient (Wildman–Crippen LogP) is 4.28. The van der Waals surface area contributed by atoms with Gasteiger partial charge < -0.3 is 20.6 Å². The minimum Gasteiger partial charge on any atom is -0.395 e. The number of rotatable bonds is 9. The highest BCUT2D eigenvalue weighted by Crippen LogP contribution is 2.31. The average molecular weight is 517 g/mol. The van der Waals surface area contributed by atoms with E-state index in [0.717, 1.165) is 0 Å². The van der Waals surface area contributed by atoms with Crippen molar-refractivity contribution in [3.8, 4) is 0 Å². The van der Waals surface area contributed by atoms with Gasteiger partial charge in [-0.25, -0.2) is 4.39 Å². The number of carbonyl (C=O) groups is 1. The van der Waals surface area contributed by atoms with E-state index < -0.39 is 24.3 Å². The highest BCUT2D eigenvalue weighted by molar-refractivity contribution is 6.31. The number of aliphatic hydroxyl groups is 1. The Balaban J connectivity index is 1.67. The van der Waals surface area contributed by atoms with Crippen molar-refractivity contribution in [3.63, 3.8) is 0 Å². The van der Waals surface area contributed by atoms with Gasteiger partial charge in [0.05, 0.1) is 30.0 Å². The number of halogens is 5. The van der Waals surface area contributed by atoms with Crippen LogP contribution in [0.25, 0.3) is 0 Å². The van der Waals surface area contributed by atoms with Gasteiger partial charge in [0, 0.05) is 50.3 Å². The smallest absolute Gasteiger partial charge is 0.390 e. The summed E-state index contributed by atoms with van der Waals surface area (Å²) in [6.45, 7) is 3.84. The molecule has 1 aliphatic rings. The number of nitrogens with one attached hydrogen (secondary N) is 2. The van der Waals surface area contributed by atoms with Gasteiger partial charge in [-0.05, 0) is 42.8 Å². The lowest BCUT2D eigenvalue weighted by atomic mass is 10.1. The van der Waals surface area contributed by atoms with E-state index in [-0.39, 0.29) is 24.8 Å². The lowest BCUT2D eigenvalue weighted by Crippen LogP contribution is -2.47. The quantitative estimate of drug-likeness (QED) is 0.434. The number of amides is 1. The van der Waals surface area contributed by atoms with Gasteiger partial charge in [0.15, 0.2) is 0 Å². The Hall–Kier alpha value is -2.40. The highest BCUT2D eigenvalue weighted by atomic mass is 35.5. The molecule has 1 aliphatic heterocycles. The molecule has 2 aromatic rings. The van der Waals surface area contributed by atoms with E-state index in [9.17, 15) is 22.4 Å². The van der Waals surface area contributed by atoms with E-state index in [1.165, 1.54) is 12.1 Å². The van der Waals surface area contributed by atoms with Crippen molar-refractivity contribution < 1.29 is 27.5 Å². The van der Waals surface area contributed by atoms with Crippen molar-refractivity contribution in [2.45, 2.75) is 32.1 Å². The molecule has 1 heterocycles. The summed E-state index contributed by atoms with van der Waals surface area (Å²) in [5, 5.41) is 15.3. The van der Waals surface area contributed by atoms with Crippen LogP contribution in [-0.4, -0.2) is 67.5 Å². The third-order valence-electron chi connectivity index (χ3n) is 5.84. The third-order valence-corrected chi connectivity index (χ3v) is 6.07. The van der Waals surface area contributed by atoms with E-state index in [1.54, 1.807) is 36.1 Å². The zero-order chi connectivity index (χ0) is 25.6. The molecule has 1 fully saturated rings. The number of piperazine rings is 1. The summed E-state index contributed by atoms with van der Waals surface area (Å²) in [5.41, 5.74) is 1.57. The van der Waals surface area contributed by atoms with Gasteiger partial charge in [-0.2, -0.15) is 13.2 Å². The van der Waals surface area contributed by atoms with Gasteiger partial charge >= 0.3 is 6.18 Å². The monoisotopic (exact) mass is 516 g/mol. The summed E-state index contributed by atoms with van der Waals surface area (Å²) in [6.07, 6.45) is -5.05. The van der Waals surface area contributed by atoms with Gasteiger partial charge in [-0.3, -0.25) is 9.69 Å². The molecule has 0 aromatic heterocycles. The predicted molar refractivity (Wildman–Crippen MR) is 129 cm³/mol. The number of nitrogens with zero attached hydrogens (tertiary/aromatic N) is 2. The molecule has 3 rings (SSSR count). The van der Waals surface area contributed by atoms with Crippen LogP contribution in [0.2, 0.25) is 5.02 Å². The molecule has 192 valence electrons. The van der Waals surface area contributed by atoms with Crippen LogP contribution in [0.3, 0.4) is 0 Å². The van der Waals surface area contributed by atoms with Crippen LogP contribution in [0.5, 0.6) is 0 Å². The average Bonchev–Trinajstić information content (AvgIpc) is 2.82. The van der Waals surface area contributed by atoms with Crippen LogP contribution in [0.4, 0.5) is 28.9 Å². The Morgan fingerprint density at radius 1 is 1.14 bits per heavy atom. The first-order chi connectivity index (χ1) is 16.6. The van der Waals surface area contributed by atoms with Crippen LogP contribution < -0.4 is 15.5 Å². The lowest BCUT2D eigenvalue weighted by Gasteiger charge is -2.37. The van der Waals surface area contributed by atoms with Crippen molar-refractivity contribution in [1.82, 2.24) is 10.2 Å². The summed E-state index contributed by atoms with van der Waals surface area (Å²) in [7, 11) is 0. The van der Waals surface area contributed by atoms with E-state index >= 15 is 0 Å². The van der Waals surface area contributed by atoms with Gasteiger partial charge in [-0.1, -0.05) is 17.7 Å². The highest BCUT2D eigenvalue weighted by Gasteiger charge is 2.29. The number of aliphatic hydroxyl groups excluding tert-OH is 1. The zero-order valence-electron chi connectivity index (χ0n) is 19.3. The number of benzene rings is 2. The SMILES string of the molecule is CC(CO)NCc1ccc(C(=O)Nc2ccc(Cl)cc2N2CCN(CCC(F)(F)F)CC2)c(F)c1. The normalized spacial score (nSPS) is 15.8. The summed E-state index contributed by atoms with van der Waals surface area (Å²) in [6, 6.07) is 9.07. The summed E-state index contributed by atoms with van der Waals surface area (Å²) in [4.78, 5) is 16.5. The molecule has 6 nitrogen and oxygen atoms in total. The second kappa shape index (κ2) is 12.0. The van der Waals surface area contributed by atoms with Crippen molar-refractivity contribution in [2.24, 2.45) is 0 Å². The summed E-state index contributed by atoms with van der Waals surface area (Å²) >= 11 is 6.17. The van der Waals surface area contributed by atoms with Crippen molar-refractivity contribution in [1.29, 1.82) is 0 Å². The summed E-state index contributed by atoms with van der Waals surface area (Å²) < 4.78 is 52.2. The van der Waals surface area contributed by atoms with Gasteiger partial charge in [0.1, 0.15) is 5.82 Å². The lowest BCUT2D eigenvalue weighted by molar-refractivity contribution is -0.138. The first-order valence-corrected chi connectivity index (χ1v) is 11.7. The van der Waals surface area contributed by atoms with Crippen molar-refractivity contribution in [3.05, 3.63) is 58.4 Å². The van der Waals surface area contributed by atoms with Crippen LogP contribution in [0, 0.1) is 5.82 Å². The Morgan fingerprint density at radius 2 is 1.86 bits per heavy atom. The first-order valence-electron chi connectivity index (χ1n) is 11.3. The number of hydrogen-bond acceptors (Lipinski definition) is 5. The van der Waals surface area contributed by atoms with Crippen molar-refractivity contribution >= 4 is 28.9 Å². The maximum absolute atomic E-state index is 14.7. The number of hydrogen-bond donors (Lipinski definition) is 3. The minimum atomic E-state index is -4.19. The maximum atomic E-state index is 14.7. The molecule has 3 N–H and O–H groups in total. The molecule has 1 atom stereocenters. The topological polar surface area (TPSA) is 67.8 Å². The molecule has 0 aliphatic carbocycles. The second-order valence-electron chi connectivity index (χ2n) is 8.59. The van der Waals surface area contributed by atoms with Crippen LogP contribution in [0.1, 0.15) is 29.3 Å². The van der Waals surface area contributed by atoms with E-state index in [4.69, 9.17) is 16.7 Å². The fourth-order valence-corrected chi connectivity index (χ4v) is 3.93. The van der Waals surface area contributed by atoms with E-state index in [2.05, 4.69) is 10.6 Å². The second-order valence-corrected chi connectivity index (χ2v) is 9.02. The Morgan fingerprint density at radius 3 is 2.49 bits per heavy atom. The zero-order valence-corrected chi connectivity index (χ0v) is 20.1. The number of alkyl halides is 3. The number of carbonyl (C=O) groups excluding carboxylic acids is 1. The summed E-state index contributed by atoms with van der Waals surface area (Å²) in [5.74, 6) is -1.30. The molecule has 0 spiro atoms. The van der Waals surface area contributed by atoms with Crippen LogP contribution in [0.15, 0.2) is 36.4 Å². The molecule has 35 heavy (non-hydrogen) atoms. The van der Waals surface area contributed by atoms with E-state index in [0.29, 0.717) is 54.7 Å². The number of anilines is 2. The van der Waals surface area contributed by atoms with Crippen LogP contribution >= 0.6 is 11.6 Å². The van der Waals surface area contributed by atoms with Gasteiger partial charge in [0.2, 0.25) is 0 Å². The van der Waals surface area contributed by atoms with Crippen molar-refractivity contribution in [2.75, 3.05) is 49.5 Å². The molecule has 0 bridgehead atoms. The molecular formula is C24H29ClF4N4O2. The molecule has 0 radical (unpaired) electrons. The third kappa shape index (κ3) is 8.06. The molecule has 11 heteroatoms. The standard InChI is InChI=1S/C24H29ClF4N4O2/c1-16(15-34)30-14-17-2-4-19(20(26)12-17)23(35)31-21-5-3-18(25)13-22(21)33-10-8-32(9-11-33)7-6-24(27,28)29/h2-5,12-13,16,30,34H,6-11,14-15H2,1H3,(H,31,35). The molecule has 0 saturated carbocycles. The van der Waals surface area contributed by atoms with E-state index in [1.807, 2.05) is 4.90 Å². The molecule has 2 aromatic carbocycles. The Kier molecular flexibility index (Phi) is 9.34. The molecular weight excluding hydrogens is 488 g/mol. The first kappa shape index (κ1) is 27.2. The Labute approximate surface area is 206 Å². The fraction of sp³-hybridized carbons (Fsp3) is 0.458.